The van der Waals surface area contributed by atoms with E-state index in [1.54, 1.807) is 24.3 Å². The topological polar surface area (TPSA) is 192 Å². The van der Waals surface area contributed by atoms with Crippen LogP contribution < -0.4 is 17.0 Å². The Kier molecular flexibility index (Phi) is 4.88. The number of imidazole rings is 1. The number of fused-ring (bicyclic) bond motifs is 1. The molecule has 0 radical (unpaired) electrons. The highest BCUT2D eigenvalue weighted by Gasteiger charge is 2.45. The standard InChI is InChI=1S/C18H18N6O6/c19-5-8-1-3-9(4-2-8)6-23-11-14(21-17(20)22-15(11)28)24(18(23)29)16-13(27)12(26)10(7-25)30-16/h1-4,10,12-13,16,25-27H,6-7H2,(H3,20,21,22,28)/t10?,12-,13-,16?/m1/s1. The molecule has 1 aromatic carbocycles. The van der Waals surface area contributed by atoms with Gasteiger partial charge in [-0.25, -0.2) is 9.36 Å². The van der Waals surface area contributed by atoms with Crippen LogP contribution in [0.1, 0.15) is 17.4 Å². The minimum absolute atomic E-state index is 0.0302. The number of H-pyrrole nitrogens is 1. The quantitative estimate of drug-likeness (QED) is 0.321. The first-order valence-electron chi connectivity index (χ1n) is 8.97. The minimum Gasteiger partial charge on any atom is -0.394 e. The zero-order valence-corrected chi connectivity index (χ0v) is 15.5. The molecule has 30 heavy (non-hydrogen) atoms. The Hall–Kier alpha value is -3.50. The highest BCUT2D eigenvalue weighted by Crippen LogP contribution is 2.30. The first kappa shape index (κ1) is 19.8. The summed E-state index contributed by atoms with van der Waals surface area (Å²) in [4.78, 5) is 32.2. The molecular formula is C18H18N6O6. The van der Waals surface area contributed by atoms with E-state index in [0.717, 1.165) is 9.13 Å². The SMILES string of the molecule is N#Cc1ccc(Cn2c(=O)n(C3OC(CO)[C@@H](O)[C@H]3O)c3nc(N)[nH]c(=O)c32)cc1. The summed E-state index contributed by atoms with van der Waals surface area (Å²) in [5.74, 6) is -0.247. The molecule has 1 saturated heterocycles. The second kappa shape index (κ2) is 7.39. The number of anilines is 1. The lowest BCUT2D eigenvalue weighted by atomic mass is 10.1. The molecular weight excluding hydrogens is 396 g/mol. The molecule has 4 atom stereocenters. The van der Waals surface area contributed by atoms with Gasteiger partial charge < -0.3 is 25.8 Å². The van der Waals surface area contributed by atoms with E-state index in [0.29, 0.717) is 11.1 Å². The highest BCUT2D eigenvalue weighted by atomic mass is 16.6. The Balaban J connectivity index is 1.90. The fourth-order valence-electron chi connectivity index (χ4n) is 3.54. The lowest BCUT2D eigenvalue weighted by Crippen LogP contribution is -2.36. The van der Waals surface area contributed by atoms with Crippen LogP contribution in [-0.2, 0) is 11.3 Å². The Morgan fingerprint density at radius 1 is 1.23 bits per heavy atom. The second-order valence-corrected chi connectivity index (χ2v) is 6.90. The number of nitrogens with zero attached hydrogens (tertiary/aromatic N) is 4. The van der Waals surface area contributed by atoms with Crippen molar-refractivity contribution in [2.75, 3.05) is 12.3 Å². The number of rotatable bonds is 4. The molecule has 0 spiro atoms. The van der Waals surface area contributed by atoms with Crippen LogP contribution in [-0.4, -0.2) is 59.3 Å². The molecule has 2 aromatic heterocycles. The van der Waals surface area contributed by atoms with Gasteiger partial charge in [-0.3, -0.25) is 14.3 Å². The number of nitrogens with one attached hydrogen (secondary N) is 1. The number of aliphatic hydroxyl groups is 3. The van der Waals surface area contributed by atoms with E-state index in [2.05, 4.69) is 9.97 Å². The Labute approximate surface area is 168 Å². The van der Waals surface area contributed by atoms with Gasteiger partial charge in [-0.15, -0.1) is 0 Å². The van der Waals surface area contributed by atoms with Gasteiger partial charge in [-0.1, -0.05) is 12.1 Å². The average molecular weight is 414 g/mol. The largest absolute Gasteiger partial charge is 0.394 e. The average Bonchev–Trinajstić information content (AvgIpc) is 3.16. The normalized spacial score (nSPS) is 23.7. The number of ether oxygens (including phenoxy) is 1. The van der Waals surface area contributed by atoms with E-state index < -0.39 is 42.4 Å². The molecule has 3 heterocycles. The molecule has 2 unspecified atom stereocenters. The van der Waals surface area contributed by atoms with Gasteiger partial charge >= 0.3 is 5.69 Å². The summed E-state index contributed by atoms with van der Waals surface area (Å²) in [6.45, 7) is -0.610. The minimum atomic E-state index is -1.55. The number of hydrogen-bond acceptors (Lipinski definition) is 9. The number of aromatic nitrogens is 4. The molecule has 0 aliphatic carbocycles. The van der Waals surface area contributed by atoms with Crippen LogP contribution in [0.15, 0.2) is 33.9 Å². The van der Waals surface area contributed by atoms with Gasteiger partial charge in [0.25, 0.3) is 5.56 Å². The highest BCUT2D eigenvalue weighted by molar-refractivity contribution is 5.72. The Bertz CT molecular complexity index is 1250. The van der Waals surface area contributed by atoms with Gasteiger partial charge in [-0.2, -0.15) is 10.2 Å². The van der Waals surface area contributed by atoms with Crippen molar-refractivity contribution in [3.8, 4) is 6.07 Å². The van der Waals surface area contributed by atoms with Crippen LogP contribution in [0.2, 0.25) is 0 Å². The second-order valence-electron chi connectivity index (χ2n) is 6.90. The van der Waals surface area contributed by atoms with Gasteiger partial charge in [0.1, 0.15) is 18.3 Å². The molecule has 0 bridgehead atoms. The van der Waals surface area contributed by atoms with Gasteiger partial charge in [0.05, 0.1) is 24.8 Å². The smallest absolute Gasteiger partial charge is 0.333 e. The summed E-state index contributed by atoms with van der Waals surface area (Å²) >= 11 is 0. The summed E-state index contributed by atoms with van der Waals surface area (Å²) in [5, 5.41) is 38.7. The van der Waals surface area contributed by atoms with E-state index >= 15 is 0 Å². The van der Waals surface area contributed by atoms with Crippen LogP contribution in [0, 0.1) is 11.3 Å². The number of nitrogen functional groups attached to an aromatic ring is 1. The van der Waals surface area contributed by atoms with Crippen molar-refractivity contribution in [3.63, 3.8) is 0 Å². The molecule has 6 N–H and O–H groups in total. The first-order chi connectivity index (χ1) is 14.3. The molecule has 4 rings (SSSR count). The number of hydrogen-bond donors (Lipinski definition) is 5. The summed E-state index contributed by atoms with van der Waals surface area (Å²) in [5.41, 5.74) is 5.07. The van der Waals surface area contributed by atoms with Crippen LogP contribution in [0.5, 0.6) is 0 Å². The van der Waals surface area contributed by atoms with Crippen molar-refractivity contribution in [2.45, 2.75) is 31.1 Å². The Morgan fingerprint density at radius 3 is 2.53 bits per heavy atom. The number of aromatic amines is 1. The number of nitriles is 1. The zero-order valence-electron chi connectivity index (χ0n) is 15.5. The number of benzene rings is 1. The van der Waals surface area contributed by atoms with Crippen molar-refractivity contribution in [1.82, 2.24) is 19.1 Å². The third kappa shape index (κ3) is 3.06. The Morgan fingerprint density at radius 2 is 1.93 bits per heavy atom. The van der Waals surface area contributed by atoms with Crippen molar-refractivity contribution >= 4 is 17.1 Å². The maximum Gasteiger partial charge on any atom is 0.333 e. The van der Waals surface area contributed by atoms with Crippen molar-refractivity contribution in [3.05, 3.63) is 56.2 Å². The number of nitrogens with two attached hydrogens (primary N) is 1. The van der Waals surface area contributed by atoms with Gasteiger partial charge in [-0.05, 0) is 17.7 Å². The summed E-state index contributed by atoms with van der Waals surface area (Å²) in [6, 6.07) is 8.42. The summed E-state index contributed by atoms with van der Waals surface area (Å²) < 4.78 is 7.53. The molecule has 0 amide bonds. The monoisotopic (exact) mass is 414 g/mol. The molecule has 1 aliphatic heterocycles. The fraction of sp³-hybridized carbons (Fsp3) is 0.333. The lowest BCUT2D eigenvalue weighted by molar-refractivity contribution is -0.0527. The molecule has 1 aliphatic rings. The molecule has 0 saturated carbocycles. The maximum absolute atomic E-state index is 13.2. The third-order valence-corrected chi connectivity index (χ3v) is 5.03. The first-order valence-corrected chi connectivity index (χ1v) is 8.97. The summed E-state index contributed by atoms with van der Waals surface area (Å²) in [7, 11) is 0. The van der Waals surface area contributed by atoms with E-state index in [4.69, 9.17) is 15.7 Å². The third-order valence-electron chi connectivity index (χ3n) is 5.03. The molecule has 156 valence electrons. The molecule has 12 nitrogen and oxygen atoms in total. The molecule has 3 aromatic rings. The van der Waals surface area contributed by atoms with Crippen LogP contribution in [0.4, 0.5) is 5.95 Å². The van der Waals surface area contributed by atoms with Crippen molar-refractivity contribution in [1.29, 1.82) is 5.26 Å². The van der Waals surface area contributed by atoms with E-state index in [1.165, 1.54) is 0 Å². The van der Waals surface area contributed by atoms with Crippen molar-refractivity contribution in [2.24, 2.45) is 0 Å². The number of aliphatic hydroxyl groups excluding tert-OH is 3. The predicted octanol–water partition coefficient (Wildman–Crippen LogP) is -2.00. The van der Waals surface area contributed by atoms with Crippen LogP contribution in [0.3, 0.4) is 0 Å². The van der Waals surface area contributed by atoms with Crippen LogP contribution in [0.25, 0.3) is 11.2 Å². The summed E-state index contributed by atoms with van der Waals surface area (Å²) in [6.07, 6.45) is -5.49. The van der Waals surface area contributed by atoms with E-state index in [1.807, 2.05) is 6.07 Å². The van der Waals surface area contributed by atoms with E-state index in [9.17, 15) is 24.9 Å². The van der Waals surface area contributed by atoms with Crippen LogP contribution >= 0.6 is 0 Å². The fourth-order valence-corrected chi connectivity index (χ4v) is 3.54. The predicted molar refractivity (Wildman–Crippen MR) is 102 cm³/mol. The zero-order chi connectivity index (χ0) is 21.6. The van der Waals surface area contributed by atoms with Crippen molar-refractivity contribution < 1.29 is 20.1 Å². The maximum atomic E-state index is 13.2. The van der Waals surface area contributed by atoms with Gasteiger partial charge in [0, 0.05) is 0 Å². The van der Waals surface area contributed by atoms with Gasteiger partial charge in [0.2, 0.25) is 5.95 Å². The lowest BCUT2D eigenvalue weighted by Gasteiger charge is -2.15. The molecule has 12 heteroatoms. The van der Waals surface area contributed by atoms with E-state index in [-0.39, 0.29) is 23.7 Å². The molecule has 1 fully saturated rings. The van der Waals surface area contributed by atoms with Gasteiger partial charge in [0.15, 0.2) is 17.4 Å².